The van der Waals surface area contributed by atoms with Gasteiger partial charge in [0, 0.05) is 28.7 Å². The zero-order chi connectivity index (χ0) is 13.4. The Morgan fingerprint density at radius 2 is 1.58 bits per heavy atom. The molecular weight excluding hydrogens is 251 g/mol. The molecule has 0 saturated carbocycles. The van der Waals surface area contributed by atoms with E-state index in [-0.39, 0.29) is 12.4 Å². The Hall–Kier alpha value is -2.23. The second-order valence-corrected chi connectivity index (χ2v) is 4.38. The topological polar surface area (TPSA) is 4.93 Å². The molecule has 2 aromatic carbocycles. The summed E-state index contributed by atoms with van der Waals surface area (Å²) in [5.74, 6) is -1.48. The molecule has 0 aliphatic heterocycles. The number of hydrogen-bond donors (Lipinski definition) is 0. The lowest BCUT2D eigenvalue weighted by molar-refractivity contribution is 0.567. The van der Waals surface area contributed by atoms with Crippen LogP contribution in [0, 0.1) is 17.5 Å². The molecule has 1 aromatic heterocycles. The zero-order valence-corrected chi connectivity index (χ0v) is 9.91. The number of nitrogens with zero attached hydrogens (tertiary/aromatic N) is 1. The van der Waals surface area contributed by atoms with E-state index in [1.807, 2.05) is 0 Å². The predicted molar refractivity (Wildman–Crippen MR) is 67.4 cm³/mol. The lowest BCUT2D eigenvalue weighted by Gasteiger charge is -2.07. The molecule has 1 heterocycles. The van der Waals surface area contributed by atoms with Crippen LogP contribution in [0.1, 0.15) is 5.56 Å². The Morgan fingerprint density at radius 1 is 0.842 bits per heavy atom. The van der Waals surface area contributed by atoms with Crippen molar-refractivity contribution >= 4 is 10.9 Å². The maximum absolute atomic E-state index is 13.6. The van der Waals surface area contributed by atoms with Gasteiger partial charge in [0.05, 0.1) is 6.54 Å². The molecule has 3 rings (SSSR count). The minimum absolute atomic E-state index is 0.279. The van der Waals surface area contributed by atoms with Crippen LogP contribution in [0.15, 0.2) is 48.7 Å². The van der Waals surface area contributed by atoms with Crippen molar-refractivity contribution in [3.8, 4) is 0 Å². The summed E-state index contributed by atoms with van der Waals surface area (Å²) in [4.78, 5) is 0. The second-order valence-electron chi connectivity index (χ2n) is 4.38. The summed E-state index contributed by atoms with van der Waals surface area (Å²) >= 11 is 0. The average molecular weight is 261 g/mol. The third kappa shape index (κ3) is 2.21. The van der Waals surface area contributed by atoms with Gasteiger partial charge in [-0.15, -0.1) is 0 Å². The summed E-state index contributed by atoms with van der Waals surface area (Å²) in [5, 5.41) is 0.752. The molecule has 0 fully saturated rings. The molecule has 0 spiro atoms. The Bertz CT molecular complexity index is 746. The SMILES string of the molecule is Fc1ccc(Cn2ccc3cc(F)ccc32)c(F)c1. The van der Waals surface area contributed by atoms with Gasteiger partial charge in [0.1, 0.15) is 17.5 Å². The first-order valence-electron chi connectivity index (χ1n) is 5.82. The molecule has 0 amide bonds. The van der Waals surface area contributed by atoms with Crippen LogP contribution in [0.4, 0.5) is 13.2 Å². The van der Waals surface area contributed by atoms with E-state index in [9.17, 15) is 13.2 Å². The minimum atomic E-state index is -0.597. The van der Waals surface area contributed by atoms with Gasteiger partial charge in [-0.2, -0.15) is 0 Å². The Morgan fingerprint density at radius 3 is 2.37 bits per heavy atom. The van der Waals surface area contributed by atoms with E-state index in [1.165, 1.54) is 24.3 Å². The molecular formula is C15H10F3N. The maximum atomic E-state index is 13.6. The van der Waals surface area contributed by atoms with Gasteiger partial charge in [-0.3, -0.25) is 0 Å². The standard InChI is InChI=1S/C15H10F3N/c16-12-3-4-15-10(7-12)5-6-19(15)9-11-1-2-13(17)8-14(11)18/h1-8H,9H2. The van der Waals surface area contributed by atoms with Gasteiger partial charge in [0.2, 0.25) is 0 Å². The van der Waals surface area contributed by atoms with Gasteiger partial charge >= 0.3 is 0 Å². The van der Waals surface area contributed by atoms with Crippen molar-refractivity contribution in [2.45, 2.75) is 6.54 Å². The van der Waals surface area contributed by atoms with Crippen molar-refractivity contribution < 1.29 is 13.2 Å². The van der Waals surface area contributed by atoms with Crippen LogP contribution < -0.4 is 0 Å². The molecule has 0 atom stereocenters. The Kier molecular flexibility index (Phi) is 2.78. The average Bonchev–Trinajstić information content (AvgIpc) is 2.75. The molecule has 1 nitrogen and oxygen atoms in total. The minimum Gasteiger partial charge on any atom is -0.343 e. The van der Waals surface area contributed by atoms with Crippen molar-refractivity contribution in [1.82, 2.24) is 4.57 Å². The van der Waals surface area contributed by atoms with Crippen LogP contribution in [0.25, 0.3) is 10.9 Å². The summed E-state index contributed by atoms with van der Waals surface area (Å²) in [6.07, 6.45) is 1.76. The number of fused-ring (bicyclic) bond motifs is 1. The Labute approximate surface area is 107 Å². The van der Waals surface area contributed by atoms with E-state index in [1.54, 1.807) is 22.9 Å². The third-order valence-corrected chi connectivity index (χ3v) is 3.09. The fraction of sp³-hybridized carbons (Fsp3) is 0.0667. The first-order chi connectivity index (χ1) is 9.13. The summed E-state index contributed by atoms with van der Waals surface area (Å²) in [6.45, 7) is 0.279. The lowest BCUT2D eigenvalue weighted by Crippen LogP contribution is -2.01. The lowest BCUT2D eigenvalue weighted by atomic mass is 10.2. The van der Waals surface area contributed by atoms with E-state index >= 15 is 0 Å². The molecule has 19 heavy (non-hydrogen) atoms. The first kappa shape index (κ1) is 11.8. The van der Waals surface area contributed by atoms with Gasteiger partial charge in [0.25, 0.3) is 0 Å². The normalized spacial score (nSPS) is 11.1. The predicted octanol–water partition coefficient (Wildman–Crippen LogP) is 4.11. The monoisotopic (exact) mass is 261 g/mol. The van der Waals surface area contributed by atoms with Crippen LogP contribution in [0.3, 0.4) is 0 Å². The molecule has 0 aliphatic carbocycles. The van der Waals surface area contributed by atoms with Gasteiger partial charge in [-0.05, 0) is 30.3 Å². The molecule has 0 N–H and O–H groups in total. The van der Waals surface area contributed by atoms with Gasteiger partial charge < -0.3 is 4.57 Å². The molecule has 4 heteroatoms. The summed E-state index contributed by atoms with van der Waals surface area (Å²) < 4.78 is 41.3. The highest BCUT2D eigenvalue weighted by Crippen LogP contribution is 2.19. The molecule has 0 unspecified atom stereocenters. The van der Waals surface area contributed by atoms with Gasteiger partial charge in [-0.1, -0.05) is 6.07 Å². The maximum Gasteiger partial charge on any atom is 0.131 e. The van der Waals surface area contributed by atoms with Crippen molar-refractivity contribution in [3.05, 3.63) is 71.7 Å². The summed E-state index contributed by atoms with van der Waals surface area (Å²) in [5.41, 5.74) is 1.20. The number of halogens is 3. The van der Waals surface area contributed by atoms with Crippen LogP contribution >= 0.6 is 0 Å². The van der Waals surface area contributed by atoms with Crippen LogP contribution in [0.2, 0.25) is 0 Å². The molecule has 0 radical (unpaired) electrons. The van der Waals surface area contributed by atoms with E-state index in [0.717, 1.165) is 17.0 Å². The highest BCUT2D eigenvalue weighted by atomic mass is 19.1. The number of hydrogen-bond acceptors (Lipinski definition) is 0. The summed E-state index contributed by atoms with van der Waals surface area (Å²) in [7, 11) is 0. The molecule has 0 saturated heterocycles. The van der Waals surface area contributed by atoms with Gasteiger partial charge in [0.15, 0.2) is 0 Å². The fourth-order valence-corrected chi connectivity index (χ4v) is 2.14. The first-order valence-corrected chi connectivity index (χ1v) is 5.82. The Balaban J connectivity index is 2.01. The number of aromatic nitrogens is 1. The van der Waals surface area contributed by atoms with E-state index < -0.39 is 11.6 Å². The smallest absolute Gasteiger partial charge is 0.131 e. The molecule has 3 aromatic rings. The van der Waals surface area contributed by atoms with Crippen molar-refractivity contribution in [2.24, 2.45) is 0 Å². The molecule has 0 aliphatic rings. The highest BCUT2D eigenvalue weighted by molar-refractivity contribution is 5.80. The second kappa shape index (κ2) is 4.46. The zero-order valence-electron chi connectivity index (χ0n) is 9.91. The number of benzene rings is 2. The van der Waals surface area contributed by atoms with E-state index in [4.69, 9.17) is 0 Å². The quantitative estimate of drug-likeness (QED) is 0.654. The van der Waals surface area contributed by atoms with Crippen molar-refractivity contribution in [1.29, 1.82) is 0 Å². The summed E-state index contributed by atoms with van der Waals surface area (Å²) in [6, 6.07) is 9.70. The van der Waals surface area contributed by atoms with Crippen LogP contribution in [0.5, 0.6) is 0 Å². The fourth-order valence-electron chi connectivity index (χ4n) is 2.14. The largest absolute Gasteiger partial charge is 0.343 e. The number of rotatable bonds is 2. The van der Waals surface area contributed by atoms with Crippen LogP contribution in [-0.4, -0.2) is 4.57 Å². The third-order valence-electron chi connectivity index (χ3n) is 3.09. The highest BCUT2D eigenvalue weighted by Gasteiger charge is 2.07. The van der Waals surface area contributed by atoms with E-state index in [2.05, 4.69) is 0 Å². The van der Waals surface area contributed by atoms with Gasteiger partial charge in [-0.25, -0.2) is 13.2 Å². The van der Waals surface area contributed by atoms with Crippen molar-refractivity contribution in [3.63, 3.8) is 0 Å². The van der Waals surface area contributed by atoms with Crippen LogP contribution in [-0.2, 0) is 6.54 Å². The van der Waals surface area contributed by atoms with Crippen molar-refractivity contribution in [2.75, 3.05) is 0 Å². The van der Waals surface area contributed by atoms with E-state index in [0.29, 0.717) is 5.56 Å². The molecule has 96 valence electrons. The molecule has 0 bridgehead atoms.